The molecular formula is C18H23N3O. The number of aliphatic hydroxyl groups is 1. The number of nitrogens with zero attached hydrogens (tertiary/aromatic N) is 3. The normalized spacial score (nSPS) is 16.3. The van der Waals surface area contributed by atoms with E-state index in [0.29, 0.717) is 5.92 Å². The van der Waals surface area contributed by atoms with E-state index in [1.807, 2.05) is 12.1 Å². The lowest BCUT2D eigenvalue weighted by molar-refractivity contribution is 0.145. The zero-order chi connectivity index (χ0) is 15.5. The standard InChI is InChI=1S/C18H23N3O/c1-13(2)14-3-5-15(6-4-14)17-7-8-18(20-19-17)21-11-9-16(22)10-12-21/h3-8,13,16,22H,9-12H2,1-2H3. The topological polar surface area (TPSA) is 49.2 Å². The Bertz CT molecular complexity index is 599. The zero-order valence-corrected chi connectivity index (χ0v) is 13.2. The van der Waals surface area contributed by atoms with Gasteiger partial charge in [-0.15, -0.1) is 10.2 Å². The minimum atomic E-state index is -0.164. The highest BCUT2D eigenvalue weighted by Gasteiger charge is 2.18. The van der Waals surface area contributed by atoms with Crippen LogP contribution in [0.4, 0.5) is 5.82 Å². The van der Waals surface area contributed by atoms with Gasteiger partial charge in [0.05, 0.1) is 11.8 Å². The van der Waals surface area contributed by atoms with E-state index in [9.17, 15) is 5.11 Å². The largest absolute Gasteiger partial charge is 0.393 e. The van der Waals surface area contributed by atoms with Gasteiger partial charge in [-0.25, -0.2) is 0 Å². The van der Waals surface area contributed by atoms with E-state index in [4.69, 9.17) is 0 Å². The highest BCUT2D eigenvalue weighted by atomic mass is 16.3. The van der Waals surface area contributed by atoms with E-state index in [1.54, 1.807) is 0 Å². The molecule has 1 aliphatic heterocycles. The van der Waals surface area contributed by atoms with Gasteiger partial charge >= 0.3 is 0 Å². The van der Waals surface area contributed by atoms with Gasteiger partial charge in [-0.3, -0.25) is 0 Å². The molecule has 22 heavy (non-hydrogen) atoms. The van der Waals surface area contributed by atoms with E-state index in [-0.39, 0.29) is 6.10 Å². The van der Waals surface area contributed by atoms with E-state index >= 15 is 0 Å². The number of benzene rings is 1. The van der Waals surface area contributed by atoms with Crippen LogP contribution in [0.2, 0.25) is 0 Å². The third-order valence-electron chi connectivity index (χ3n) is 4.31. The first-order valence-corrected chi connectivity index (χ1v) is 8.00. The predicted molar refractivity (Wildman–Crippen MR) is 89.0 cm³/mol. The summed E-state index contributed by atoms with van der Waals surface area (Å²) in [5, 5.41) is 18.3. The van der Waals surface area contributed by atoms with Gasteiger partial charge in [-0.2, -0.15) is 0 Å². The Morgan fingerprint density at radius 3 is 2.23 bits per heavy atom. The highest BCUT2D eigenvalue weighted by molar-refractivity contribution is 5.60. The smallest absolute Gasteiger partial charge is 0.151 e. The van der Waals surface area contributed by atoms with Crippen molar-refractivity contribution in [3.63, 3.8) is 0 Å². The summed E-state index contributed by atoms with van der Waals surface area (Å²) < 4.78 is 0. The van der Waals surface area contributed by atoms with Gasteiger partial charge in [0.25, 0.3) is 0 Å². The first kappa shape index (κ1) is 15.0. The van der Waals surface area contributed by atoms with Crippen LogP contribution in [-0.4, -0.2) is 34.5 Å². The number of aliphatic hydroxyl groups excluding tert-OH is 1. The van der Waals surface area contributed by atoms with Crippen molar-refractivity contribution in [3.8, 4) is 11.3 Å². The Morgan fingerprint density at radius 2 is 1.68 bits per heavy atom. The molecule has 4 nitrogen and oxygen atoms in total. The molecule has 2 heterocycles. The Hall–Kier alpha value is -1.94. The van der Waals surface area contributed by atoms with Crippen molar-refractivity contribution in [2.75, 3.05) is 18.0 Å². The lowest BCUT2D eigenvalue weighted by atomic mass is 10.0. The molecule has 0 spiro atoms. The molecule has 0 aliphatic carbocycles. The molecule has 1 saturated heterocycles. The van der Waals surface area contributed by atoms with Crippen LogP contribution in [0, 0.1) is 0 Å². The van der Waals surface area contributed by atoms with Gasteiger partial charge in [0.15, 0.2) is 5.82 Å². The van der Waals surface area contributed by atoms with Crippen LogP contribution in [0.1, 0.15) is 38.2 Å². The second kappa shape index (κ2) is 6.44. The molecule has 0 bridgehead atoms. The molecule has 0 amide bonds. The van der Waals surface area contributed by atoms with Crippen molar-refractivity contribution in [2.45, 2.75) is 38.7 Å². The number of hydrogen-bond donors (Lipinski definition) is 1. The average Bonchev–Trinajstić information content (AvgIpc) is 2.56. The van der Waals surface area contributed by atoms with Crippen molar-refractivity contribution < 1.29 is 5.11 Å². The van der Waals surface area contributed by atoms with Gasteiger partial charge in [0.2, 0.25) is 0 Å². The molecule has 2 aromatic rings. The quantitative estimate of drug-likeness (QED) is 0.945. The van der Waals surface area contributed by atoms with E-state index < -0.39 is 0 Å². The average molecular weight is 297 g/mol. The van der Waals surface area contributed by atoms with Gasteiger partial charge < -0.3 is 10.0 Å². The van der Waals surface area contributed by atoms with Crippen LogP contribution in [0.5, 0.6) is 0 Å². The molecule has 0 saturated carbocycles. The Kier molecular flexibility index (Phi) is 4.39. The lowest BCUT2D eigenvalue weighted by Crippen LogP contribution is -2.36. The molecule has 0 radical (unpaired) electrons. The van der Waals surface area contributed by atoms with Crippen molar-refractivity contribution in [1.82, 2.24) is 10.2 Å². The summed E-state index contributed by atoms with van der Waals surface area (Å²) in [6.45, 7) is 6.08. The summed E-state index contributed by atoms with van der Waals surface area (Å²) in [6, 6.07) is 12.6. The van der Waals surface area contributed by atoms with Crippen molar-refractivity contribution in [3.05, 3.63) is 42.0 Å². The van der Waals surface area contributed by atoms with Crippen LogP contribution in [0.3, 0.4) is 0 Å². The first-order chi connectivity index (χ1) is 10.6. The number of piperidine rings is 1. The maximum atomic E-state index is 9.57. The van der Waals surface area contributed by atoms with Crippen LogP contribution in [-0.2, 0) is 0 Å². The second-order valence-corrected chi connectivity index (χ2v) is 6.27. The Labute approximate surface area is 131 Å². The summed E-state index contributed by atoms with van der Waals surface area (Å²) >= 11 is 0. The van der Waals surface area contributed by atoms with Gasteiger partial charge in [-0.1, -0.05) is 38.1 Å². The Balaban J connectivity index is 1.73. The van der Waals surface area contributed by atoms with Crippen LogP contribution in [0.15, 0.2) is 36.4 Å². The fourth-order valence-electron chi connectivity index (χ4n) is 2.78. The molecule has 116 valence electrons. The van der Waals surface area contributed by atoms with Crippen molar-refractivity contribution in [2.24, 2.45) is 0 Å². The molecular weight excluding hydrogens is 274 g/mol. The minimum Gasteiger partial charge on any atom is -0.393 e. The highest BCUT2D eigenvalue weighted by Crippen LogP contribution is 2.23. The number of aromatic nitrogens is 2. The summed E-state index contributed by atoms with van der Waals surface area (Å²) in [5.41, 5.74) is 3.33. The van der Waals surface area contributed by atoms with E-state index in [1.165, 1.54) is 5.56 Å². The summed E-state index contributed by atoms with van der Waals surface area (Å²) in [4.78, 5) is 2.19. The summed E-state index contributed by atoms with van der Waals surface area (Å²) in [5.74, 6) is 1.44. The third kappa shape index (κ3) is 3.28. The number of hydrogen-bond acceptors (Lipinski definition) is 4. The molecule has 0 unspecified atom stereocenters. The van der Waals surface area contributed by atoms with Crippen LogP contribution >= 0.6 is 0 Å². The fraction of sp³-hybridized carbons (Fsp3) is 0.444. The molecule has 1 fully saturated rings. The predicted octanol–water partition coefficient (Wildman–Crippen LogP) is 3.23. The van der Waals surface area contributed by atoms with Gasteiger partial charge in [-0.05, 0) is 36.5 Å². The maximum absolute atomic E-state index is 9.57. The van der Waals surface area contributed by atoms with Gasteiger partial charge in [0.1, 0.15) is 0 Å². The summed E-state index contributed by atoms with van der Waals surface area (Å²) in [7, 11) is 0. The molecule has 3 rings (SSSR count). The lowest BCUT2D eigenvalue weighted by Gasteiger charge is -2.30. The molecule has 1 aromatic carbocycles. The fourth-order valence-corrected chi connectivity index (χ4v) is 2.78. The van der Waals surface area contributed by atoms with Crippen molar-refractivity contribution in [1.29, 1.82) is 0 Å². The monoisotopic (exact) mass is 297 g/mol. The van der Waals surface area contributed by atoms with Crippen LogP contribution in [0.25, 0.3) is 11.3 Å². The molecule has 1 N–H and O–H groups in total. The SMILES string of the molecule is CC(C)c1ccc(-c2ccc(N3CCC(O)CC3)nn2)cc1. The molecule has 1 aromatic heterocycles. The minimum absolute atomic E-state index is 0.164. The summed E-state index contributed by atoms with van der Waals surface area (Å²) in [6.07, 6.45) is 1.45. The number of rotatable bonds is 3. The maximum Gasteiger partial charge on any atom is 0.151 e. The zero-order valence-electron chi connectivity index (χ0n) is 13.2. The van der Waals surface area contributed by atoms with Gasteiger partial charge in [0, 0.05) is 18.7 Å². The first-order valence-electron chi connectivity index (χ1n) is 8.00. The van der Waals surface area contributed by atoms with E-state index in [0.717, 1.165) is 43.0 Å². The van der Waals surface area contributed by atoms with Crippen molar-refractivity contribution >= 4 is 5.82 Å². The molecule has 0 atom stereocenters. The third-order valence-corrected chi connectivity index (χ3v) is 4.31. The molecule has 1 aliphatic rings. The number of anilines is 1. The van der Waals surface area contributed by atoms with E-state index in [2.05, 4.69) is 53.2 Å². The second-order valence-electron chi connectivity index (χ2n) is 6.27. The Morgan fingerprint density at radius 1 is 1.00 bits per heavy atom. The molecule has 4 heteroatoms. The van der Waals surface area contributed by atoms with Crippen LogP contribution < -0.4 is 4.90 Å².